The van der Waals surface area contributed by atoms with Crippen LogP contribution in [-0.4, -0.2) is 32.1 Å². The van der Waals surface area contributed by atoms with Crippen LogP contribution in [0.15, 0.2) is 78.9 Å². The maximum absolute atomic E-state index is 12.8. The van der Waals surface area contributed by atoms with Crippen molar-refractivity contribution in [2.75, 3.05) is 41.3 Å². The molecule has 1 fully saturated rings. The summed E-state index contributed by atoms with van der Waals surface area (Å²) in [6.07, 6.45) is 0. The fourth-order valence-corrected chi connectivity index (χ4v) is 3.72. The number of hydrogen-bond acceptors (Lipinski definition) is 3. The van der Waals surface area contributed by atoms with E-state index in [-0.39, 0.29) is 5.91 Å². The zero-order valence-electron chi connectivity index (χ0n) is 16.1. The van der Waals surface area contributed by atoms with Crippen LogP contribution in [0.5, 0.6) is 0 Å². The molecule has 4 heteroatoms. The first-order chi connectivity index (χ1) is 13.7. The molecule has 4 nitrogen and oxygen atoms in total. The summed E-state index contributed by atoms with van der Waals surface area (Å²) in [7, 11) is 0. The molecule has 3 aromatic rings. The zero-order chi connectivity index (χ0) is 19.3. The number of hydrogen-bond donors (Lipinski definition) is 1. The summed E-state index contributed by atoms with van der Waals surface area (Å²) in [5, 5.41) is 3.11. The van der Waals surface area contributed by atoms with Crippen molar-refractivity contribution in [1.82, 2.24) is 0 Å². The molecule has 0 saturated carbocycles. The van der Waals surface area contributed by atoms with Gasteiger partial charge in [0, 0.05) is 37.4 Å². The van der Waals surface area contributed by atoms with Crippen LogP contribution >= 0.6 is 0 Å². The van der Waals surface area contributed by atoms with Crippen molar-refractivity contribution in [3.8, 4) is 0 Å². The number of benzene rings is 3. The van der Waals surface area contributed by atoms with Crippen LogP contribution in [-0.2, 0) is 0 Å². The third kappa shape index (κ3) is 3.86. The Bertz CT molecular complexity index is 947. The number of para-hydroxylation sites is 3. The number of nitrogens with zero attached hydrogens (tertiary/aromatic N) is 2. The van der Waals surface area contributed by atoms with Gasteiger partial charge in [-0.15, -0.1) is 0 Å². The van der Waals surface area contributed by atoms with Crippen molar-refractivity contribution in [3.05, 3.63) is 90.0 Å². The molecule has 4 rings (SSSR count). The summed E-state index contributed by atoms with van der Waals surface area (Å²) in [6, 6.07) is 26.3. The van der Waals surface area contributed by atoms with Crippen LogP contribution in [0.25, 0.3) is 0 Å². The number of carbonyl (C=O) groups is 1. The maximum atomic E-state index is 12.8. The SMILES string of the molecule is Cc1ccccc1C(=O)Nc1ccccc1N1CCN(c2ccccc2)CC1. The summed E-state index contributed by atoms with van der Waals surface area (Å²) in [6.45, 7) is 5.73. The number of anilines is 3. The van der Waals surface area contributed by atoms with Gasteiger partial charge in [-0.1, -0.05) is 48.5 Å². The molecular weight excluding hydrogens is 346 g/mol. The molecule has 0 atom stereocenters. The van der Waals surface area contributed by atoms with Crippen LogP contribution in [0.1, 0.15) is 15.9 Å². The molecule has 1 amide bonds. The second-order valence-electron chi connectivity index (χ2n) is 7.10. The van der Waals surface area contributed by atoms with Crippen molar-refractivity contribution in [2.24, 2.45) is 0 Å². The molecule has 1 N–H and O–H groups in total. The van der Waals surface area contributed by atoms with Crippen LogP contribution < -0.4 is 15.1 Å². The van der Waals surface area contributed by atoms with Gasteiger partial charge in [0.2, 0.25) is 0 Å². The second kappa shape index (κ2) is 8.17. The predicted molar refractivity (Wildman–Crippen MR) is 116 cm³/mol. The highest BCUT2D eigenvalue weighted by Gasteiger charge is 2.20. The monoisotopic (exact) mass is 371 g/mol. The zero-order valence-corrected chi connectivity index (χ0v) is 16.1. The van der Waals surface area contributed by atoms with E-state index in [1.807, 2.05) is 55.5 Å². The number of carbonyl (C=O) groups excluding carboxylic acids is 1. The number of rotatable bonds is 4. The van der Waals surface area contributed by atoms with Crippen molar-refractivity contribution in [2.45, 2.75) is 6.92 Å². The van der Waals surface area contributed by atoms with E-state index in [1.165, 1.54) is 5.69 Å². The molecule has 1 saturated heterocycles. The summed E-state index contributed by atoms with van der Waals surface area (Å²) in [5.41, 5.74) is 4.91. The molecule has 1 heterocycles. The Labute approximate surface area is 166 Å². The van der Waals surface area contributed by atoms with Crippen molar-refractivity contribution in [3.63, 3.8) is 0 Å². The number of piperazine rings is 1. The standard InChI is InChI=1S/C24H25N3O/c1-19-9-5-6-12-21(19)24(28)25-22-13-7-8-14-23(22)27-17-15-26(16-18-27)20-10-3-2-4-11-20/h2-14H,15-18H2,1H3,(H,25,28). The van der Waals surface area contributed by atoms with Crippen LogP contribution in [0, 0.1) is 6.92 Å². The Morgan fingerprint density at radius 3 is 2.11 bits per heavy atom. The third-order valence-electron chi connectivity index (χ3n) is 5.28. The third-order valence-corrected chi connectivity index (χ3v) is 5.28. The van der Waals surface area contributed by atoms with Gasteiger partial charge in [-0.2, -0.15) is 0 Å². The first kappa shape index (κ1) is 18.1. The molecule has 142 valence electrons. The van der Waals surface area contributed by atoms with Gasteiger partial charge in [-0.05, 0) is 42.8 Å². The number of nitrogens with one attached hydrogen (secondary N) is 1. The van der Waals surface area contributed by atoms with E-state index < -0.39 is 0 Å². The Hall–Kier alpha value is -3.27. The quantitative estimate of drug-likeness (QED) is 0.729. The largest absolute Gasteiger partial charge is 0.368 e. The van der Waals surface area contributed by atoms with Gasteiger partial charge in [0.25, 0.3) is 5.91 Å². The van der Waals surface area contributed by atoms with E-state index in [4.69, 9.17) is 0 Å². The molecule has 0 bridgehead atoms. The Morgan fingerprint density at radius 1 is 0.750 bits per heavy atom. The molecular formula is C24H25N3O. The molecule has 1 aliphatic heterocycles. The lowest BCUT2D eigenvalue weighted by Crippen LogP contribution is -2.46. The molecule has 28 heavy (non-hydrogen) atoms. The first-order valence-corrected chi connectivity index (χ1v) is 9.73. The van der Waals surface area contributed by atoms with Crippen molar-refractivity contribution in [1.29, 1.82) is 0 Å². The van der Waals surface area contributed by atoms with Gasteiger partial charge in [-0.25, -0.2) is 0 Å². The summed E-state index contributed by atoms with van der Waals surface area (Å²) in [4.78, 5) is 17.5. The van der Waals surface area contributed by atoms with Crippen LogP contribution in [0.4, 0.5) is 17.1 Å². The highest BCUT2D eigenvalue weighted by molar-refractivity contribution is 6.06. The summed E-state index contributed by atoms with van der Waals surface area (Å²) >= 11 is 0. The number of aryl methyl sites for hydroxylation is 1. The Morgan fingerprint density at radius 2 is 1.36 bits per heavy atom. The maximum Gasteiger partial charge on any atom is 0.255 e. The fourth-order valence-electron chi connectivity index (χ4n) is 3.72. The summed E-state index contributed by atoms with van der Waals surface area (Å²) in [5.74, 6) is -0.0616. The minimum Gasteiger partial charge on any atom is -0.368 e. The van der Waals surface area contributed by atoms with Gasteiger partial charge < -0.3 is 15.1 Å². The molecule has 0 aliphatic carbocycles. The van der Waals surface area contributed by atoms with Crippen molar-refractivity contribution >= 4 is 23.0 Å². The topological polar surface area (TPSA) is 35.6 Å². The van der Waals surface area contributed by atoms with E-state index in [2.05, 4.69) is 45.4 Å². The van der Waals surface area contributed by atoms with Crippen LogP contribution in [0.3, 0.4) is 0 Å². The van der Waals surface area contributed by atoms with Gasteiger partial charge in [0.1, 0.15) is 0 Å². The molecule has 0 aromatic heterocycles. The average Bonchev–Trinajstić information content (AvgIpc) is 2.75. The highest BCUT2D eigenvalue weighted by Crippen LogP contribution is 2.28. The normalized spacial score (nSPS) is 14.0. The van der Waals surface area contributed by atoms with E-state index in [9.17, 15) is 4.79 Å². The minimum atomic E-state index is -0.0616. The predicted octanol–water partition coefficient (Wildman–Crippen LogP) is 4.57. The molecule has 0 spiro atoms. The Balaban J connectivity index is 1.48. The Kier molecular flexibility index (Phi) is 5.29. The smallest absolute Gasteiger partial charge is 0.255 e. The molecule has 0 radical (unpaired) electrons. The van der Waals surface area contributed by atoms with E-state index in [0.717, 1.165) is 43.1 Å². The van der Waals surface area contributed by atoms with Crippen molar-refractivity contribution < 1.29 is 4.79 Å². The van der Waals surface area contributed by atoms with Gasteiger partial charge >= 0.3 is 0 Å². The van der Waals surface area contributed by atoms with Gasteiger partial charge in [0.05, 0.1) is 11.4 Å². The molecule has 3 aromatic carbocycles. The van der Waals surface area contributed by atoms with Gasteiger partial charge in [0.15, 0.2) is 0 Å². The second-order valence-corrected chi connectivity index (χ2v) is 7.10. The van der Waals surface area contributed by atoms with Gasteiger partial charge in [-0.3, -0.25) is 4.79 Å². The minimum absolute atomic E-state index is 0.0616. The lowest BCUT2D eigenvalue weighted by molar-refractivity contribution is 0.102. The molecule has 0 unspecified atom stereocenters. The van der Waals surface area contributed by atoms with E-state index in [1.54, 1.807) is 0 Å². The number of amides is 1. The summed E-state index contributed by atoms with van der Waals surface area (Å²) < 4.78 is 0. The van der Waals surface area contributed by atoms with E-state index >= 15 is 0 Å². The lowest BCUT2D eigenvalue weighted by atomic mass is 10.1. The average molecular weight is 371 g/mol. The molecule has 1 aliphatic rings. The highest BCUT2D eigenvalue weighted by atomic mass is 16.1. The van der Waals surface area contributed by atoms with Crippen LogP contribution in [0.2, 0.25) is 0 Å². The first-order valence-electron chi connectivity index (χ1n) is 9.73. The van der Waals surface area contributed by atoms with E-state index in [0.29, 0.717) is 5.56 Å². The fraction of sp³-hybridized carbons (Fsp3) is 0.208. The lowest BCUT2D eigenvalue weighted by Gasteiger charge is -2.38.